The molecule has 0 unspecified atom stereocenters. The molecule has 0 amide bonds. The summed E-state index contributed by atoms with van der Waals surface area (Å²) < 4.78 is 19.5. The van der Waals surface area contributed by atoms with Crippen molar-refractivity contribution in [3.63, 3.8) is 0 Å². The van der Waals surface area contributed by atoms with Crippen molar-refractivity contribution in [1.29, 1.82) is 0 Å². The van der Waals surface area contributed by atoms with Crippen molar-refractivity contribution < 1.29 is 9.13 Å². The minimum absolute atomic E-state index is 0.258. The van der Waals surface area contributed by atoms with Crippen LogP contribution in [-0.4, -0.2) is 12.6 Å². The Morgan fingerprint density at radius 2 is 2.15 bits per heavy atom. The molecule has 3 heteroatoms. The molecule has 0 heterocycles. The molecule has 1 aliphatic rings. The Balaban J connectivity index is 1.79. The Labute approximate surface area is 121 Å². The fourth-order valence-electron chi connectivity index (χ4n) is 2.14. The third-order valence-electron chi connectivity index (χ3n) is 3.51. The Bertz CT molecular complexity index is 429. The summed E-state index contributed by atoms with van der Waals surface area (Å²) in [6, 6.07) is 5.76. The molecule has 1 aliphatic carbocycles. The zero-order valence-electron chi connectivity index (χ0n) is 12.0. The lowest BCUT2D eigenvalue weighted by Crippen LogP contribution is -2.16. The van der Waals surface area contributed by atoms with Crippen LogP contribution in [0, 0.1) is 5.82 Å². The first-order valence-corrected chi connectivity index (χ1v) is 7.55. The average Bonchev–Trinajstić information content (AvgIpc) is 3.26. The number of benzene rings is 1. The molecule has 20 heavy (non-hydrogen) atoms. The first kappa shape index (κ1) is 15.0. The van der Waals surface area contributed by atoms with Gasteiger partial charge in [0.15, 0.2) is 11.6 Å². The van der Waals surface area contributed by atoms with Gasteiger partial charge in [0.2, 0.25) is 0 Å². The fraction of sp³-hybridized carbons (Fsp3) is 0.529. The summed E-state index contributed by atoms with van der Waals surface area (Å²) in [6.45, 7) is 4.97. The van der Waals surface area contributed by atoms with Gasteiger partial charge < -0.3 is 10.1 Å². The zero-order valence-corrected chi connectivity index (χ0v) is 12.0. The second-order valence-electron chi connectivity index (χ2n) is 5.37. The molecule has 0 radical (unpaired) electrons. The molecule has 1 aromatic carbocycles. The van der Waals surface area contributed by atoms with E-state index in [-0.39, 0.29) is 5.82 Å². The summed E-state index contributed by atoms with van der Waals surface area (Å²) in [5.74, 6) is 0.163. The standard InChI is InChI=1S/C17H24FNO/c1-2-3-4-5-6-12-20-17-14(8-7-9-16(17)18)13-19-15-10-11-15/h2,7-9,15,19H,1,3-6,10-13H2. The van der Waals surface area contributed by atoms with Crippen molar-refractivity contribution in [3.05, 3.63) is 42.2 Å². The molecule has 1 aromatic rings. The molecule has 110 valence electrons. The van der Waals surface area contributed by atoms with Gasteiger partial charge in [-0.2, -0.15) is 0 Å². The predicted octanol–water partition coefficient (Wildman–Crippen LogP) is 4.20. The Morgan fingerprint density at radius 3 is 2.90 bits per heavy atom. The van der Waals surface area contributed by atoms with E-state index < -0.39 is 0 Å². The normalized spacial score (nSPS) is 14.2. The van der Waals surface area contributed by atoms with Gasteiger partial charge in [-0.3, -0.25) is 0 Å². The average molecular weight is 277 g/mol. The first-order valence-electron chi connectivity index (χ1n) is 7.55. The lowest BCUT2D eigenvalue weighted by Gasteiger charge is -2.13. The van der Waals surface area contributed by atoms with E-state index in [2.05, 4.69) is 11.9 Å². The predicted molar refractivity (Wildman–Crippen MR) is 80.4 cm³/mol. The van der Waals surface area contributed by atoms with Gasteiger partial charge in [0, 0.05) is 18.2 Å². The monoisotopic (exact) mass is 277 g/mol. The number of allylic oxidation sites excluding steroid dienone is 1. The summed E-state index contributed by atoms with van der Waals surface area (Å²) in [5, 5.41) is 3.40. The van der Waals surface area contributed by atoms with Gasteiger partial charge in [-0.1, -0.05) is 18.2 Å². The van der Waals surface area contributed by atoms with Crippen LogP contribution in [-0.2, 0) is 6.54 Å². The molecule has 0 aromatic heterocycles. The summed E-state index contributed by atoms with van der Waals surface area (Å²) in [5.41, 5.74) is 0.919. The van der Waals surface area contributed by atoms with Crippen LogP contribution in [0.1, 0.15) is 44.1 Å². The highest BCUT2D eigenvalue weighted by Gasteiger charge is 2.21. The number of rotatable bonds is 10. The van der Waals surface area contributed by atoms with Crippen LogP contribution in [0.2, 0.25) is 0 Å². The number of para-hydroxylation sites is 1. The van der Waals surface area contributed by atoms with E-state index in [9.17, 15) is 4.39 Å². The maximum atomic E-state index is 13.9. The van der Waals surface area contributed by atoms with Crippen LogP contribution in [0.5, 0.6) is 5.75 Å². The van der Waals surface area contributed by atoms with E-state index in [0.717, 1.165) is 31.2 Å². The molecule has 1 fully saturated rings. The second kappa shape index (κ2) is 8.05. The topological polar surface area (TPSA) is 21.3 Å². The molecule has 1 saturated carbocycles. The first-order chi connectivity index (χ1) is 9.81. The summed E-state index contributed by atoms with van der Waals surface area (Å²) in [4.78, 5) is 0. The van der Waals surface area contributed by atoms with E-state index in [1.54, 1.807) is 6.07 Å². The highest BCUT2D eigenvalue weighted by Crippen LogP contribution is 2.25. The fourth-order valence-corrected chi connectivity index (χ4v) is 2.14. The molecule has 0 aliphatic heterocycles. The maximum absolute atomic E-state index is 13.9. The number of unbranched alkanes of at least 4 members (excludes halogenated alkanes) is 3. The van der Waals surface area contributed by atoms with Crippen LogP contribution >= 0.6 is 0 Å². The van der Waals surface area contributed by atoms with E-state index in [1.165, 1.54) is 18.9 Å². The van der Waals surface area contributed by atoms with Gasteiger partial charge in [0.25, 0.3) is 0 Å². The summed E-state index contributed by atoms with van der Waals surface area (Å²) in [7, 11) is 0. The van der Waals surface area contributed by atoms with E-state index >= 15 is 0 Å². The van der Waals surface area contributed by atoms with Crippen molar-refractivity contribution in [1.82, 2.24) is 5.32 Å². The number of ether oxygens (including phenoxy) is 1. The molecule has 2 rings (SSSR count). The molecular formula is C17H24FNO. The van der Waals surface area contributed by atoms with Crippen molar-refractivity contribution in [2.24, 2.45) is 0 Å². The molecule has 0 saturated heterocycles. The highest BCUT2D eigenvalue weighted by atomic mass is 19.1. The van der Waals surface area contributed by atoms with Crippen LogP contribution in [0.15, 0.2) is 30.9 Å². The number of nitrogens with one attached hydrogen (secondary N) is 1. The minimum atomic E-state index is -0.258. The van der Waals surface area contributed by atoms with E-state index in [0.29, 0.717) is 24.9 Å². The molecular weight excluding hydrogens is 253 g/mol. The molecule has 0 spiro atoms. The van der Waals surface area contributed by atoms with Gasteiger partial charge in [0.1, 0.15) is 0 Å². The van der Waals surface area contributed by atoms with Gasteiger partial charge >= 0.3 is 0 Å². The van der Waals surface area contributed by atoms with E-state index in [4.69, 9.17) is 4.74 Å². The molecule has 0 bridgehead atoms. The van der Waals surface area contributed by atoms with Crippen molar-refractivity contribution in [3.8, 4) is 5.75 Å². The van der Waals surface area contributed by atoms with Crippen LogP contribution in [0.4, 0.5) is 4.39 Å². The summed E-state index contributed by atoms with van der Waals surface area (Å²) in [6.07, 6.45) is 8.60. The maximum Gasteiger partial charge on any atom is 0.165 e. The van der Waals surface area contributed by atoms with Crippen molar-refractivity contribution >= 4 is 0 Å². The van der Waals surface area contributed by atoms with Crippen LogP contribution in [0.25, 0.3) is 0 Å². The second-order valence-corrected chi connectivity index (χ2v) is 5.37. The smallest absolute Gasteiger partial charge is 0.165 e. The van der Waals surface area contributed by atoms with Crippen molar-refractivity contribution in [2.75, 3.05) is 6.61 Å². The number of halogens is 1. The SMILES string of the molecule is C=CCCCCCOc1c(F)cccc1CNC1CC1. The third kappa shape index (κ3) is 4.97. The van der Waals surface area contributed by atoms with Gasteiger partial charge in [-0.05, 0) is 44.6 Å². The Hall–Kier alpha value is -1.35. The van der Waals surface area contributed by atoms with Crippen LogP contribution in [0.3, 0.4) is 0 Å². The Morgan fingerprint density at radius 1 is 1.30 bits per heavy atom. The Kier molecular flexibility index (Phi) is 6.06. The van der Waals surface area contributed by atoms with Gasteiger partial charge in [0.05, 0.1) is 6.61 Å². The van der Waals surface area contributed by atoms with Gasteiger partial charge in [-0.25, -0.2) is 4.39 Å². The van der Waals surface area contributed by atoms with Crippen LogP contribution < -0.4 is 10.1 Å². The zero-order chi connectivity index (χ0) is 14.2. The number of hydrogen-bond donors (Lipinski definition) is 1. The minimum Gasteiger partial charge on any atom is -0.490 e. The lowest BCUT2D eigenvalue weighted by atomic mass is 10.2. The van der Waals surface area contributed by atoms with E-state index in [1.807, 2.05) is 12.1 Å². The third-order valence-corrected chi connectivity index (χ3v) is 3.51. The number of hydrogen-bond acceptors (Lipinski definition) is 2. The molecule has 2 nitrogen and oxygen atoms in total. The van der Waals surface area contributed by atoms with Gasteiger partial charge in [-0.15, -0.1) is 6.58 Å². The lowest BCUT2D eigenvalue weighted by molar-refractivity contribution is 0.287. The molecule has 0 atom stereocenters. The highest BCUT2D eigenvalue weighted by molar-refractivity contribution is 5.35. The summed E-state index contributed by atoms with van der Waals surface area (Å²) >= 11 is 0. The quantitative estimate of drug-likeness (QED) is 0.511. The van der Waals surface area contributed by atoms with Crippen molar-refractivity contribution in [2.45, 2.75) is 51.1 Å². The molecule has 1 N–H and O–H groups in total. The largest absolute Gasteiger partial charge is 0.490 e.